The molecular weight excluding hydrogens is 286 g/mol. The summed E-state index contributed by atoms with van der Waals surface area (Å²) in [6.07, 6.45) is 4.05. The molecule has 0 aromatic heterocycles. The first kappa shape index (κ1) is 12.8. The maximum atomic E-state index is 13.1. The molecule has 23 heavy (non-hydrogen) atoms. The molecule has 3 aliphatic rings. The number of Topliss-reactive ketones (excluding diaryl/α,β-unsaturated/α-hetero) is 2. The number of benzene rings is 2. The van der Waals surface area contributed by atoms with Crippen LogP contribution in [-0.4, -0.2) is 17.6 Å². The second-order valence-electron chi connectivity index (χ2n) is 6.49. The van der Waals surface area contributed by atoms with E-state index in [9.17, 15) is 9.59 Å². The van der Waals surface area contributed by atoms with Gasteiger partial charge in [0.05, 0.1) is 11.8 Å². The molecule has 1 heterocycles. The monoisotopic (exact) mass is 301 g/mol. The lowest BCUT2D eigenvalue weighted by Crippen LogP contribution is -2.47. The zero-order valence-corrected chi connectivity index (χ0v) is 12.4. The predicted molar refractivity (Wildman–Crippen MR) is 87.8 cm³/mol. The van der Waals surface area contributed by atoms with E-state index in [0.29, 0.717) is 11.1 Å². The molecule has 5 rings (SSSR count). The van der Waals surface area contributed by atoms with Gasteiger partial charge in [0, 0.05) is 28.8 Å². The van der Waals surface area contributed by atoms with Crippen molar-refractivity contribution in [2.75, 3.05) is 5.32 Å². The Balaban J connectivity index is 1.66. The summed E-state index contributed by atoms with van der Waals surface area (Å²) in [5, 5.41) is 3.49. The molecule has 2 aromatic rings. The third kappa shape index (κ3) is 1.59. The van der Waals surface area contributed by atoms with Gasteiger partial charge in [0.15, 0.2) is 11.6 Å². The summed E-state index contributed by atoms with van der Waals surface area (Å²) >= 11 is 0. The van der Waals surface area contributed by atoms with Gasteiger partial charge in [0.25, 0.3) is 0 Å². The highest BCUT2D eigenvalue weighted by Crippen LogP contribution is 2.47. The molecule has 1 N–H and O–H groups in total. The third-order valence-electron chi connectivity index (χ3n) is 5.39. The van der Waals surface area contributed by atoms with Crippen molar-refractivity contribution in [1.82, 2.24) is 0 Å². The summed E-state index contributed by atoms with van der Waals surface area (Å²) in [7, 11) is 0. The Labute approximate surface area is 134 Å². The molecule has 2 aliphatic carbocycles. The number of anilines is 1. The van der Waals surface area contributed by atoms with Gasteiger partial charge in [-0.3, -0.25) is 9.59 Å². The topological polar surface area (TPSA) is 46.2 Å². The minimum Gasteiger partial charge on any atom is -0.380 e. The molecule has 3 nitrogen and oxygen atoms in total. The van der Waals surface area contributed by atoms with Crippen LogP contribution in [0.1, 0.15) is 32.2 Å². The molecule has 0 saturated heterocycles. The molecule has 4 atom stereocenters. The Bertz CT molecular complexity index is 883. The van der Waals surface area contributed by atoms with Gasteiger partial charge in [-0.15, -0.1) is 0 Å². The van der Waals surface area contributed by atoms with Crippen LogP contribution >= 0.6 is 0 Å². The second kappa shape index (κ2) is 4.42. The summed E-state index contributed by atoms with van der Waals surface area (Å²) in [6.45, 7) is 0. The van der Waals surface area contributed by atoms with Gasteiger partial charge in [-0.25, -0.2) is 0 Å². The van der Waals surface area contributed by atoms with E-state index in [1.807, 2.05) is 36.4 Å². The van der Waals surface area contributed by atoms with E-state index in [0.717, 1.165) is 5.69 Å². The third-order valence-corrected chi connectivity index (χ3v) is 5.39. The van der Waals surface area contributed by atoms with E-state index in [1.165, 1.54) is 5.56 Å². The van der Waals surface area contributed by atoms with Crippen LogP contribution in [-0.2, 0) is 0 Å². The number of nitrogens with one attached hydrogen (secondary N) is 1. The number of rotatable bonds is 0. The fourth-order valence-electron chi connectivity index (χ4n) is 4.35. The van der Waals surface area contributed by atoms with E-state index in [2.05, 4.69) is 17.5 Å². The van der Waals surface area contributed by atoms with E-state index >= 15 is 0 Å². The Morgan fingerprint density at radius 1 is 0.739 bits per heavy atom. The van der Waals surface area contributed by atoms with Crippen LogP contribution in [0.2, 0.25) is 0 Å². The van der Waals surface area contributed by atoms with Gasteiger partial charge in [-0.2, -0.15) is 0 Å². The molecule has 0 amide bonds. The summed E-state index contributed by atoms with van der Waals surface area (Å²) in [5.41, 5.74) is 3.43. The van der Waals surface area contributed by atoms with Gasteiger partial charge < -0.3 is 5.32 Å². The maximum Gasteiger partial charge on any atom is 0.171 e. The first-order valence-corrected chi connectivity index (χ1v) is 7.97. The van der Waals surface area contributed by atoms with E-state index in [-0.39, 0.29) is 35.4 Å². The molecule has 2 aromatic carbocycles. The zero-order valence-electron chi connectivity index (χ0n) is 12.4. The van der Waals surface area contributed by atoms with Gasteiger partial charge >= 0.3 is 0 Å². The van der Waals surface area contributed by atoms with Crippen LogP contribution in [0.5, 0.6) is 0 Å². The molecule has 0 radical (unpaired) electrons. The number of carbonyl (C=O) groups excluding carboxylic acids is 2. The van der Waals surface area contributed by atoms with Crippen LogP contribution < -0.4 is 5.32 Å². The molecule has 0 bridgehead atoms. The Hall–Kier alpha value is -2.68. The number of para-hydroxylation sites is 1. The highest BCUT2D eigenvalue weighted by Gasteiger charge is 2.50. The average molecular weight is 301 g/mol. The van der Waals surface area contributed by atoms with Gasteiger partial charge in [0.1, 0.15) is 0 Å². The van der Waals surface area contributed by atoms with Crippen molar-refractivity contribution >= 4 is 17.3 Å². The molecule has 112 valence electrons. The van der Waals surface area contributed by atoms with Gasteiger partial charge in [-0.05, 0) is 11.6 Å². The number of fused-ring (bicyclic) bond motifs is 6. The van der Waals surface area contributed by atoms with E-state index < -0.39 is 0 Å². The fraction of sp³-hybridized carbons (Fsp3) is 0.200. The van der Waals surface area contributed by atoms with Crippen molar-refractivity contribution in [3.8, 4) is 0 Å². The Morgan fingerprint density at radius 3 is 2.22 bits per heavy atom. The van der Waals surface area contributed by atoms with E-state index in [4.69, 9.17) is 0 Å². The van der Waals surface area contributed by atoms with Crippen LogP contribution in [0.15, 0.2) is 60.7 Å². The quantitative estimate of drug-likeness (QED) is 0.758. The molecule has 4 unspecified atom stereocenters. The standard InChI is InChI=1S/C20H15NO2/c22-19-13-6-1-2-7-14(13)20(23)17-15(19)10-9-12-11-5-3-4-8-16(11)21-18(12)17/h1-10,12,15,17-18,21H. The number of ketones is 2. The number of hydrogen-bond donors (Lipinski definition) is 1. The maximum absolute atomic E-state index is 13.1. The smallest absolute Gasteiger partial charge is 0.171 e. The second-order valence-corrected chi connectivity index (χ2v) is 6.49. The molecule has 0 saturated carbocycles. The minimum absolute atomic E-state index is 0.0350. The highest BCUT2D eigenvalue weighted by molar-refractivity contribution is 6.17. The molecule has 3 heteroatoms. The summed E-state index contributed by atoms with van der Waals surface area (Å²) in [6, 6.07) is 15.3. The lowest BCUT2D eigenvalue weighted by atomic mass is 9.65. The number of carbonyl (C=O) groups is 2. The van der Waals surface area contributed by atoms with Crippen LogP contribution in [0.25, 0.3) is 0 Å². The summed E-state index contributed by atoms with van der Waals surface area (Å²) in [4.78, 5) is 25.9. The molecule has 1 aliphatic heterocycles. The average Bonchev–Trinajstić information content (AvgIpc) is 2.98. The van der Waals surface area contributed by atoms with Crippen LogP contribution in [0, 0.1) is 11.8 Å². The summed E-state index contributed by atoms with van der Waals surface area (Å²) in [5.74, 6) is -0.350. The lowest BCUT2D eigenvalue weighted by Gasteiger charge is -2.38. The SMILES string of the molecule is O=C1c2ccccc2C(=O)C2C1C=CC1c3ccccc3NC12. The molecule has 0 spiro atoms. The fourth-order valence-corrected chi connectivity index (χ4v) is 4.35. The van der Waals surface area contributed by atoms with Crippen molar-refractivity contribution in [2.24, 2.45) is 11.8 Å². The van der Waals surface area contributed by atoms with Crippen molar-refractivity contribution < 1.29 is 9.59 Å². The van der Waals surface area contributed by atoms with Crippen LogP contribution in [0.3, 0.4) is 0 Å². The first-order valence-electron chi connectivity index (χ1n) is 7.97. The van der Waals surface area contributed by atoms with Crippen molar-refractivity contribution in [3.63, 3.8) is 0 Å². The molecule has 0 fully saturated rings. The Kier molecular flexibility index (Phi) is 2.46. The summed E-state index contributed by atoms with van der Waals surface area (Å²) < 4.78 is 0. The number of hydrogen-bond acceptors (Lipinski definition) is 3. The minimum atomic E-state index is -0.347. The van der Waals surface area contributed by atoms with Crippen molar-refractivity contribution in [2.45, 2.75) is 12.0 Å². The predicted octanol–water partition coefficient (Wildman–Crippen LogP) is 3.45. The largest absolute Gasteiger partial charge is 0.380 e. The molecular formula is C20H15NO2. The van der Waals surface area contributed by atoms with Crippen molar-refractivity contribution in [1.29, 1.82) is 0 Å². The first-order chi connectivity index (χ1) is 11.3. The zero-order chi connectivity index (χ0) is 15.6. The van der Waals surface area contributed by atoms with Crippen LogP contribution in [0.4, 0.5) is 5.69 Å². The number of allylic oxidation sites excluding steroid dienone is 1. The highest BCUT2D eigenvalue weighted by atomic mass is 16.1. The van der Waals surface area contributed by atoms with E-state index in [1.54, 1.807) is 12.1 Å². The van der Waals surface area contributed by atoms with Crippen molar-refractivity contribution in [3.05, 3.63) is 77.4 Å². The lowest BCUT2D eigenvalue weighted by molar-refractivity contribution is 0.0741. The van der Waals surface area contributed by atoms with Gasteiger partial charge in [-0.1, -0.05) is 54.6 Å². The Morgan fingerprint density at radius 2 is 1.39 bits per heavy atom. The van der Waals surface area contributed by atoms with Gasteiger partial charge in [0.2, 0.25) is 0 Å². The normalized spacial score (nSPS) is 30.1.